The number of hydrogen-bond donors (Lipinski definition) is 0. The van der Waals surface area contributed by atoms with Crippen LogP contribution in [0, 0.1) is 6.92 Å². The topological polar surface area (TPSA) is 29.5 Å². The maximum absolute atomic E-state index is 12.0. The molecule has 0 radical (unpaired) electrons. The average Bonchev–Trinajstić information content (AvgIpc) is 2.91. The van der Waals surface area contributed by atoms with Crippen molar-refractivity contribution in [1.82, 2.24) is 4.90 Å². The van der Waals surface area contributed by atoms with Crippen LogP contribution < -0.4 is 4.74 Å². The van der Waals surface area contributed by atoms with E-state index in [0.29, 0.717) is 13.2 Å². The van der Waals surface area contributed by atoms with E-state index >= 15 is 0 Å². The van der Waals surface area contributed by atoms with E-state index in [9.17, 15) is 4.79 Å². The third-order valence-electron chi connectivity index (χ3n) is 2.76. The Morgan fingerprint density at radius 2 is 2.16 bits per heavy atom. The number of amides is 1. The van der Waals surface area contributed by atoms with Crippen molar-refractivity contribution < 1.29 is 9.53 Å². The summed E-state index contributed by atoms with van der Waals surface area (Å²) in [6, 6.07) is 11.6. The zero-order valence-electron chi connectivity index (χ0n) is 11.1. The van der Waals surface area contributed by atoms with Crippen molar-refractivity contribution in [3.05, 3.63) is 52.2 Å². The number of aryl methyl sites for hydroxylation is 1. The molecular formula is C15H17NO2S. The Bertz CT molecular complexity index is 537. The van der Waals surface area contributed by atoms with E-state index < -0.39 is 0 Å². The third kappa shape index (κ3) is 3.83. The first kappa shape index (κ1) is 13.6. The number of carbonyl (C=O) groups is 1. The molecule has 1 aromatic carbocycles. The molecule has 0 saturated carbocycles. The van der Waals surface area contributed by atoms with Crippen molar-refractivity contribution in [2.75, 3.05) is 20.2 Å². The zero-order chi connectivity index (χ0) is 13.7. The highest BCUT2D eigenvalue weighted by atomic mass is 32.1. The molecule has 0 fully saturated rings. The normalized spacial score (nSPS) is 10.2. The summed E-state index contributed by atoms with van der Waals surface area (Å²) in [7, 11) is 1.79. The Morgan fingerprint density at radius 1 is 1.32 bits per heavy atom. The molecule has 4 heteroatoms. The summed E-state index contributed by atoms with van der Waals surface area (Å²) in [4.78, 5) is 14.4. The fraction of sp³-hybridized carbons (Fsp3) is 0.267. The summed E-state index contributed by atoms with van der Waals surface area (Å²) in [6.07, 6.45) is 0. The first-order valence-electron chi connectivity index (χ1n) is 6.15. The van der Waals surface area contributed by atoms with Crippen LogP contribution in [-0.2, 0) is 0 Å². The molecule has 2 aromatic rings. The minimum atomic E-state index is 0.0443. The highest BCUT2D eigenvalue weighted by Gasteiger charge is 2.11. The molecule has 3 nitrogen and oxygen atoms in total. The van der Waals surface area contributed by atoms with Crippen LogP contribution in [0.4, 0.5) is 0 Å². The first-order chi connectivity index (χ1) is 9.16. The Balaban J connectivity index is 1.81. The SMILES string of the molecule is Cc1cccc(OCCN(C)C(=O)c2cccs2)c1. The highest BCUT2D eigenvalue weighted by Crippen LogP contribution is 2.13. The van der Waals surface area contributed by atoms with Crippen LogP contribution >= 0.6 is 11.3 Å². The second-order valence-corrected chi connectivity index (χ2v) is 5.32. The van der Waals surface area contributed by atoms with Gasteiger partial charge in [-0.05, 0) is 36.1 Å². The van der Waals surface area contributed by atoms with E-state index in [1.54, 1.807) is 11.9 Å². The van der Waals surface area contributed by atoms with Gasteiger partial charge in [-0.2, -0.15) is 0 Å². The maximum atomic E-state index is 12.0. The summed E-state index contributed by atoms with van der Waals surface area (Å²) >= 11 is 1.46. The van der Waals surface area contributed by atoms with Gasteiger partial charge in [-0.15, -0.1) is 11.3 Å². The Labute approximate surface area is 117 Å². The van der Waals surface area contributed by atoms with Crippen LogP contribution in [0.25, 0.3) is 0 Å². The summed E-state index contributed by atoms with van der Waals surface area (Å²) in [5, 5.41) is 1.91. The number of nitrogens with zero attached hydrogens (tertiary/aromatic N) is 1. The molecule has 0 aliphatic heterocycles. The van der Waals surface area contributed by atoms with E-state index in [1.165, 1.54) is 16.9 Å². The Kier molecular flexibility index (Phi) is 4.58. The van der Waals surface area contributed by atoms with Crippen LogP contribution in [0.15, 0.2) is 41.8 Å². The Hall–Kier alpha value is -1.81. The molecule has 0 bridgehead atoms. The fourth-order valence-corrected chi connectivity index (χ4v) is 2.41. The minimum Gasteiger partial charge on any atom is -0.492 e. The molecule has 1 heterocycles. The number of carbonyl (C=O) groups excluding carboxylic acids is 1. The number of benzene rings is 1. The van der Waals surface area contributed by atoms with Gasteiger partial charge in [0.1, 0.15) is 12.4 Å². The van der Waals surface area contributed by atoms with Crippen molar-refractivity contribution in [2.24, 2.45) is 0 Å². The van der Waals surface area contributed by atoms with Crippen molar-refractivity contribution in [1.29, 1.82) is 0 Å². The molecule has 0 N–H and O–H groups in total. The number of hydrogen-bond acceptors (Lipinski definition) is 3. The highest BCUT2D eigenvalue weighted by molar-refractivity contribution is 7.12. The maximum Gasteiger partial charge on any atom is 0.263 e. The molecule has 2 rings (SSSR count). The van der Waals surface area contributed by atoms with Crippen molar-refractivity contribution in [3.63, 3.8) is 0 Å². The minimum absolute atomic E-state index is 0.0443. The lowest BCUT2D eigenvalue weighted by Gasteiger charge is -2.16. The van der Waals surface area contributed by atoms with Gasteiger partial charge in [0.15, 0.2) is 0 Å². The van der Waals surface area contributed by atoms with Gasteiger partial charge in [-0.25, -0.2) is 0 Å². The predicted octanol–water partition coefficient (Wildman–Crippen LogP) is 3.21. The summed E-state index contributed by atoms with van der Waals surface area (Å²) in [5.74, 6) is 0.889. The van der Waals surface area contributed by atoms with Gasteiger partial charge in [-0.1, -0.05) is 18.2 Å². The monoisotopic (exact) mass is 275 g/mol. The molecule has 1 aromatic heterocycles. The molecule has 0 spiro atoms. The lowest BCUT2D eigenvalue weighted by Crippen LogP contribution is -2.30. The van der Waals surface area contributed by atoms with Crippen LogP contribution in [0.2, 0.25) is 0 Å². The van der Waals surface area contributed by atoms with Crippen LogP contribution in [0.1, 0.15) is 15.2 Å². The number of likely N-dealkylation sites (N-methyl/N-ethyl adjacent to an activating group) is 1. The van der Waals surface area contributed by atoms with Crippen LogP contribution in [-0.4, -0.2) is 31.0 Å². The summed E-state index contributed by atoms with van der Waals surface area (Å²) < 4.78 is 5.63. The first-order valence-corrected chi connectivity index (χ1v) is 7.03. The third-order valence-corrected chi connectivity index (χ3v) is 3.62. The van der Waals surface area contributed by atoms with Crippen molar-refractivity contribution in [2.45, 2.75) is 6.92 Å². The smallest absolute Gasteiger partial charge is 0.263 e. The van der Waals surface area contributed by atoms with E-state index in [2.05, 4.69) is 0 Å². The van der Waals surface area contributed by atoms with E-state index in [-0.39, 0.29) is 5.91 Å². The molecule has 0 aliphatic rings. The van der Waals surface area contributed by atoms with Crippen molar-refractivity contribution >= 4 is 17.2 Å². The molecular weight excluding hydrogens is 258 g/mol. The van der Waals surface area contributed by atoms with E-state index in [1.807, 2.05) is 48.7 Å². The van der Waals surface area contributed by atoms with Crippen LogP contribution in [0.3, 0.4) is 0 Å². The number of thiophene rings is 1. The largest absolute Gasteiger partial charge is 0.492 e. The van der Waals surface area contributed by atoms with Gasteiger partial charge in [0.25, 0.3) is 5.91 Å². The molecule has 0 saturated heterocycles. The number of rotatable bonds is 5. The van der Waals surface area contributed by atoms with Gasteiger partial charge in [0.2, 0.25) is 0 Å². The molecule has 0 unspecified atom stereocenters. The molecule has 1 amide bonds. The van der Waals surface area contributed by atoms with Gasteiger partial charge < -0.3 is 9.64 Å². The average molecular weight is 275 g/mol. The van der Waals surface area contributed by atoms with Gasteiger partial charge in [0.05, 0.1) is 11.4 Å². The number of ether oxygens (including phenoxy) is 1. The molecule has 19 heavy (non-hydrogen) atoms. The van der Waals surface area contributed by atoms with Crippen LogP contribution in [0.5, 0.6) is 5.75 Å². The van der Waals surface area contributed by atoms with E-state index in [0.717, 1.165) is 10.6 Å². The predicted molar refractivity (Wildman–Crippen MR) is 78.0 cm³/mol. The lowest BCUT2D eigenvalue weighted by molar-refractivity contribution is 0.0778. The summed E-state index contributed by atoms with van der Waals surface area (Å²) in [5.41, 5.74) is 1.17. The Morgan fingerprint density at radius 3 is 2.84 bits per heavy atom. The second-order valence-electron chi connectivity index (χ2n) is 4.37. The molecule has 0 atom stereocenters. The summed E-state index contributed by atoms with van der Waals surface area (Å²) in [6.45, 7) is 3.10. The molecule has 0 aliphatic carbocycles. The molecule has 100 valence electrons. The zero-order valence-corrected chi connectivity index (χ0v) is 11.9. The van der Waals surface area contributed by atoms with Gasteiger partial charge in [-0.3, -0.25) is 4.79 Å². The quantitative estimate of drug-likeness (QED) is 0.838. The van der Waals surface area contributed by atoms with E-state index in [4.69, 9.17) is 4.74 Å². The van der Waals surface area contributed by atoms with Gasteiger partial charge in [0, 0.05) is 7.05 Å². The van der Waals surface area contributed by atoms with Crippen molar-refractivity contribution in [3.8, 4) is 5.75 Å². The lowest BCUT2D eigenvalue weighted by atomic mass is 10.2. The fourth-order valence-electron chi connectivity index (χ4n) is 1.70. The van der Waals surface area contributed by atoms with Gasteiger partial charge >= 0.3 is 0 Å². The standard InChI is InChI=1S/C15H17NO2S/c1-12-5-3-6-13(11-12)18-9-8-16(2)15(17)14-7-4-10-19-14/h3-7,10-11H,8-9H2,1-2H3. The second kappa shape index (κ2) is 6.38.